The summed E-state index contributed by atoms with van der Waals surface area (Å²) in [5.41, 5.74) is 21.9. The van der Waals surface area contributed by atoms with Gasteiger partial charge in [0.15, 0.2) is 0 Å². The molecule has 0 amide bonds. The van der Waals surface area contributed by atoms with Crippen molar-refractivity contribution in [3.63, 3.8) is 0 Å². The van der Waals surface area contributed by atoms with Crippen LogP contribution >= 0.6 is 0 Å². The first-order valence-electron chi connectivity index (χ1n) is 16.2. The van der Waals surface area contributed by atoms with Gasteiger partial charge in [-0.3, -0.25) is 6.08 Å². The Morgan fingerprint density at radius 1 is 0.574 bits per heavy atom. The second-order valence-electron chi connectivity index (χ2n) is 15.2. The van der Waals surface area contributed by atoms with Gasteiger partial charge in [0.1, 0.15) is 0 Å². The minimum Gasteiger partial charge on any atom is -1.00 e. The maximum atomic E-state index is 4.01. The Labute approximate surface area is 317 Å². The molecule has 2 aliphatic carbocycles. The monoisotopic (exact) mass is 738 g/mol. The summed E-state index contributed by atoms with van der Waals surface area (Å²) in [4.78, 5) is 0. The first kappa shape index (κ1) is 41.0. The molecule has 0 spiro atoms. The van der Waals surface area contributed by atoms with Crippen LogP contribution in [0.4, 0.5) is 0 Å². The Morgan fingerprint density at radius 3 is 1.49 bits per heavy atom. The predicted molar refractivity (Wildman–Crippen MR) is 192 cm³/mol. The Balaban J connectivity index is 0.000000879. The van der Waals surface area contributed by atoms with Crippen molar-refractivity contribution in [2.45, 2.75) is 107 Å². The molecule has 0 fully saturated rings. The third kappa shape index (κ3) is 8.53. The van der Waals surface area contributed by atoms with Crippen LogP contribution < -0.4 is 24.8 Å². The van der Waals surface area contributed by atoms with Crippen molar-refractivity contribution in [1.82, 2.24) is 0 Å². The summed E-state index contributed by atoms with van der Waals surface area (Å²) in [6.45, 7) is 27.5. The van der Waals surface area contributed by atoms with E-state index in [4.69, 9.17) is 0 Å². The Morgan fingerprint density at radius 2 is 1.06 bits per heavy atom. The van der Waals surface area contributed by atoms with Gasteiger partial charge >= 0.3 is 26.2 Å². The number of allylic oxidation sites excluding steroid dienone is 4. The predicted octanol–water partition coefficient (Wildman–Crippen LogP) is 6.15. The fourth-order valence-electron chi connectivity index (χ4n) is 7.34. The van der Waals surface area contributed by atoms with Gasteiger partial charge in [0, 0.05) is 0 Å². The molecule has 3 heteroatoms. The molecule has 47 heavy (non-hydrogen) atoms. The molecule has 0 aliphatic heterocycles. The van der Waals surface area contributed by atoms with Gasteiger partial charge in [-0.05, 0) is 92.2 Å². The first-order valence-corrected chi connectivity index (χ1v) is 16.2. The number of rotatable bonds is 2. The van der Waals surface area contributed by atoms with Crippen LogP contribution in [0.15, 0.2) is 60.7 Å². The maximum Gasteiger partial charge on any atom is 4.00 e. The van der Waals surface area contributed by atoms with Crippen LogP contribution in [0.2, 0.25) is 0 Å². The number of hydrogen-bond donors (Lipinski definition) is 0. The smallest absolute Gasteiger partial charge is 1.00 e. The zero-order valence-corrected chi connectivity index (χ0v) is 34.4. The molecular formula is C44H50Cl2Zr. The van der Waals surface area contributed by atoms with Crippen molar-refractivity contribution >= 4 is 0 Å². The number of benzene rings is 4. The molecule has 244 valence electrons. The van der Waals surface area contributed by atoms with E-state index in [-0.39, 0.29) is 61.8 Å². The van der Waals surface area contributed by atoms with E-state index in [0.717, 1.165) is 12.8 Å². The average Bonchev–Trinajstić information content (AvgIpc) is 3.57. The quantitative estimate of drug-likeness (QED) is 0.191. The molecule has 2 aliphatic rings. The SMILES string of the molecule is Cc1cc(C)c(-c2[c-]c3c(cc2C(C)(C)C)-c2cc(C(C)(C)C)c(-c4c(C)cc(C)cc4C)cc2C3)c(C)c1.[C-]1=CC=CC1.[Cl-].[Cl-].[Zr+4]. The zero-order valence-electron chi connectivity index (χ0n) is 30.4. The molecule has 0 saturated carbocycles. The molecule has 0 nitrogen and oxygen atoms in total. The van der Waals surface area contributed by atoms with Crippen molar-refractivity contribution in [3.8, 4) is 33.4 Å². The molecule has 0 N–H and O–H groups in total. The summed E-state index contributed by atoms with van der Waals surface area (Å²) in [6.07, 6.45) is 10.9. The van der Waals surface area contributed by atoms with Gasteiger partial charge in [-0.15, -0.1) is 35.2 Å². The van der Waals surface area contributed by atoms with E-state index in [0.29, 0.717) is 0 Å². The maximum absolute atomic E-state index is 4.01. The van der Waals surface area contributed by atoms with Gasteiger partial charge in [-0.1, -0.05) is 117 Å². The zero-order chi connectivity index (χ0) is 32.1. The van der Waals surface area contributed by atoms with Gasteiger partial charge in [0.05, 0.1) is 0 Å². The summed E-state index contributed by atoms with van der Waals surface area (Å²) in [6, 6.07) is 20.8. The van der Waals surface area contributed by atoms with E-state index in [1.165, 1.54) is 89.0 Å². The van der Waals surface area contributed by atoms with Crippen molar-refractivity contribution in [3.05, 3.63) is 128 Å². The van der Waals surface area contributed by atoms with Crippen LogP contribution in [-0.2, 0) is 43.5 Å². The second-order valence-corrected chi connectivity index (χ2v) is 15.2. The number of hydrogen-bond acceptors (Lipinski definition) is 0. The number of aryl methyl sites for hydroxylation is 6. The first-order chi connectivity index (χ1) is 20.6. The molecule has 0 heterocycles. The molecule has 4 aromatic rings. The third-order valence-corrected chi connectivity index (χ3v) is 9.14. The van der Waals surface area contributed by atoms with Gasteiger partial charge < -0.3 is 24.8 Å². The molecule has 0 radical (unpaired) electrons. The molecule has 6 rings (SSSR count). The summed E-state index contributed by atoms with van der Waals surface area (Å²) < 4.78 is 0. The van der Waals surface area contributed by atoms with Crippen molar-refractivity contribution in [2.24, 2.45) is 0 Å². The standard InChI is InChI=1S/C39H45.C5H5.2ClH.Zr/c1-22-13-24(3)36(25(4)14-22)32-18-28-17-29-19-33(37-26(5)15-23(2)16-27(37)6)35(39(10,11)12)21-31(29)30(28)20-34(32)38(7,8)9;1-2-4-5-3-1;;;/h13-16,18,20-21H,17H2,1-12H3;1-3H,4H2;2*1H;/q2*-1;;;+4/p-2. The van der Waals surface area contributed by atoms with Crippen LogP contribution in [0.3, 0.4) is 0 Å². The molecule has 0 aromatic heterocycles. The fraction of sp³-hybridized carbons (Fsp3) is 0.364. The van der Waals surface area contributed by atoms with Gasteiger partial charge in [0.2, 0.25) is 0 Å². The van der Waals surface area contributed by atoms with Gasteiger partial charge in [-0.25, -0.2) is 12.2 Å². The minimum atomic E-state index is 0. The molecule has 0 atom stereocenters. The molecule has 0 bridgehead atoms. The average molecular weight is 741 g/mol. The van der Waals surface area contributed by atoms with E-state index in [1.54, 1.807) is 0 Å². The molecular weight excluding hydrogens is 691 g/mol. The summed E-state index contributed by atoms with van der Waals surface area (Å²) in [5, 5.41) is 0. The third-order valence-electron chi connectivity index (χ3n) is 9.14. The van der Waals surface area contributed by atoms with Crippen LogP contribution in [0, 0.1) is 53.7 Å². The summed E-state index contributed by atoms with van der Waals surface area (Å²) in [7, 11) is 0. The van der Waals surface area contributed by atoms with E-state index in [1.807, 2.05) is 12.2 Å². The minimum absolute atomic E-state index is 0. The van der Waals surface area contributed by atoms with Crippen molar-refractivity contribution in [2.75, 3.05) is 0 Å². The normalized spacial score (nSPS) is 12.7. The Bertz CT molecular complexity index is 1640. The largest absolute Gasteiger partial charge is 4.00 e. The van der Waals surface area contributed by atoms with Gasteiger partial charge in [-0.2, -0.15) is 6.08 Å². The van der Waals surface area contributed by atoms with Crippen molar-refractivity contribution < 1.29 is 51.0 Å². The van der Waals surface area contributed by atoms with Gasteiger partial charge in [0.25, 0.3) is 0 Å². The topological polar surface area (TPSA) is 0 Å². The fourth-order valence-corrected chi connectivity index (χ4v) is 7.34. The Hall–Kier alpha value is -2.18. The summed E-state index contributed by atoms with van der Waals surface area (Å²) >= 11 is 0. The molecule has 4 aromatic carbocycles. The molecule has 0 unspecified atom stereocenters. The van der Waals surface area contributed by atoms with Crippen molar-refractivity contribution in [1.29, 1.82) is 0 Å². The van der Waals surface area contributed by atoms with E-state index in [2.05, 4.69) is 144 Å². The van der Waals surface area contributed by atoms with Crippen LogP contribution in [0.1, 0.15) is 104 Å². The van der Waals surface area contributed by atoms with Crippen LogP contribution in [-0.4, -0.2) is 0 Å². The van der Waals surface area contributed by atoms with Crippen LogP contribution in [0.5, 0.6) is 0 Å². The van der Waals surface area contributed by atoms with Crippen LogP contribution in [0.25, 0.3) is 33.4 Å². The number of halogens is 2. The summed E-state index contributed by atoms with van der Waals surface area (Å²) in [5.74, 6) is 0. The van der Waals surface area contributed by atoms with E-state index < -0.39 is 0 Å². The molecule has 0 saturated heterocycles. The second kappa shape index (κ2) is 15.6. The van der Waals surface area contributed by atoms with E-state index in [9.17, 15) is 0 Å². The van der Waals surface area contributed by atoms with E-state index >= 15 is 0 Å². The number of fused-ring (bicyclic) bond motifs is 3. The Kier molecular flexibility index (Phi) is 13.6.